The topological polar surface area (TPSA) is 17.1 Å². The van der Waals surface area contributed by atoms with Gasteiger partial charge in [-0.1, -0.05) is 23.7 Å². The number of halogens is 2. The van der Waals surface area contributed by atoms with Crippen LogP contribution in [0.1, 0.15) is 18.4 Å². The number of Topliss-reactive ketones (excluding diaryl/α,β-unsaturated/α-hetero) is 1. The molecule has 0 aliphatic rings. The summed E-state index contributed by atoms with van der Waals surface area (Å²) in [6.07, 6.45) is 3.08. The van der Waals surface area contributed by atoms with Crippen LogP contribution in [0.5, 0.6) is 0 Å². The van der Waals surface area contributed by atoms with E-state index in [0.717, 1.165) is 0 Å². The molecule has 0 spiro atoms. The Morgan fingerprint density at radius 1 is 1.53 bits per heavy atom. The third kappa shape index (κ3) is 3.84. The van der Waals surface area contributed by atoms with Gasteiger partial charge in [-0.3, -0.25) is 4.79 Å². The third-order valence-electron chi connectivity index (χ3n) is 2.03. The van der Waals surface area contributed by atoms with E-state index < -0.39 is 0 Å². The van der Waals surface area contributed by atoms with Crippen LogP contribution in [0.25, 0.3) is 0 Å². The van der Waals surface area contributed by atoms with E-state index in [1.807, 2.05) is 0 Å². The fourth-order valence-corrected chi connectivity index (χ4v) is 1.46. The summed E-state index contributed by atoms with van der Waals surface area (Å²) in [4.78, 5) is 11.4. The van der Waals surface area contributed by atoms with Crippen molar-refractivity contribution in [3.05, 3.63) is 47.3 Å². The van der Waals surface area contributed by atoms with Crippen LogP contribution in [0, 0.1) is 5.82 Å². The second kappa shape index (κ2) is 5.66. The Morgan fingerprint density at radius 3 is 2.87 bits per heavy atom. The molecule has 0 aliphatic heterocycles. The summed E-state index contributed by atoms with van der Waals surface area (Å²) in [5.41, 5.74) is 0.673. The molecule has 15 heavy (non-hydrogen) atoms. The summed E-state index contributed by atoms with van der Waals surface area (Å²) in [6.45, 7) is 3.54. The minimum absolute atomic E-state index is 0.0865. The first-order valence-electron chi connectivity index (χ1n) is 4.70. The lowest BCUT2D eigenvalue weighted by Crippen LogP contribution is -2.02. The van der Waals surface area contributed by atoms with Gasteiger partial charge in [-0.25, -0.2) is 4.39 Å². The van der Waals surface area contributed by atoms with Crippen LogP contribution < -0.4 is 0 Å². The van der Waals surface area contributed by atoms with Crippen molar-refractivity contribution in [3.63, 3.8) is 0 Å². The minimum Gasteiger partial charge on any atom is -0.299 e. The van der Waals surface area contributed by atoms with E-state index in [1.165, 1.54) is 12.1 Å². The number of hydrogen-bond donors (Lipinski definition) is 0. The predicted octanol–water partition coefficient (Wildman–Crippen LogP) is 3.56. The molecule has 0 unspecified atom stereocenters. The number of carbonyl (C=O) groups excluding carboxylic acids is 1. The Morgan fingerprint density at radius 2 is 2.27 bits per heavy atom. The van der Waals surface area contributed by atoms with E-state index in [2.05, 4.69) is 6.58 Å². The fourth-order valence-electron chi connectivity index (χ4n) is 1.23. The maximum Gasteiger partial charge on any atom is 0.137 e. The molecular weight excluding hydrogens is 215 g/mol. The molecule has 0 bridgehead atoms. The van der Waals surface area contributed by atoms with Crippen LogP contribution in [-0.2, 0) is 11.2 Å². The highest BCUT2D eigenvalue weighted by Crippen LogP contribution is 2.18. The smallest absolute Gasteiger partial charge is 0.137 e. The van der Waals surface area contributed by atoms with Gasteiger partial charge < -0.3 is 0 Å². The molecule has 80 valence electrons. The molecule has 0 heterocycles. The molecule has 0 aromatic heterocycles. The van der Waals surface area contributed by atoms with Crippen molar-refractivity contribution < 1.29 is 9.18 Å². The standard InChI is InChI=1S/C12H12ClFO/c1-2-3-4-11(15)7-9-5-6-10(14)8-12(9)13/h2,5-6,8H,1,3-4,7H2. The molecule has 0 fully saturated rings. The van der Waals surface area contributed by atoms with Crippen molar-refractivity contribution in [1.29, 1.82) is 0 Å². The van der Waals surface area contributed by atoms with Gasteiger partial charge in [0, 0.05) is 17.9 Å². The molecule has 0 amide bonds. The Balaban J connectivity index is 2.64. The summed E-state index contributed by atoms with van der Waals surface area (Å²) in [5.74, 6) is -0.300. The predicted molar refractivity (Wildman–Crippen MR) is 59.6 cm³/mol. The van der Waals surface area contributed by atoms with Gasteiger partial charge in [-0.05, 0) is 24.1 Å². The lowest BCUT2D eigenvalue weighted by Gasteiger charge is -2.02. The summed E-state index contributed by atoms with van der Waals surface area (Å²) >= 11 is 5.80. The molecule has 0 N–H and O–H groups in total. The Kier molecular flexibility index (Phi) is 4.50. The fraction of sp³-hybridized carbons (Fsp3) is 0.250. The van der Waals surface area contributed by atoms with E-state index in [-0.39, 0.29) is 18.0 Å². The maximum absolute atomic E-state index is 12.7. The van der Waals surface area contributed by atoms with E-state index in [1.54, 1.807) is 12.1 Å². The van der Waals surface area contributed by atoms with E-state index in [0.29, 0.717) is 23.4 Å². The monoisotopic (exact) mass is 226 g/mol. The average molecular weight is 227 g/mol. The highest BCUT2D eigenvalue weighted by molar-refractivity contribution is 6.31. The van der Waals surface area contributed by atoms with Crippen molar-refractivity contribution in [2.75, 3.05) is 0 Å². The summed E-state index contributed by atoms with van der Waals surface area (Å²) in [6, 6.07) is 4.07. The van der Waals surface area contributed by atoms with Gasteiger partial charge in [0.1, 0.15) is 11.6 Å². The number of ketones is 1. The molecule has 3 heteroatoms. The van der Waals surface area contributed by atoms with Crippen LogP contribution in [0.4, 0.5) is 4.39 Å². The largest absolute Gasteiger partial charge is 0.299 e. The molecule has 1 aromatic rings. The number of allylic oxidation sites excluding steroid dienone is 1. The average Bonchev–Trinajstić information content (AvgIpc) is 2.19. The van der Waals surface area contributed by atoms with E-state index >= 15 is 0 Å². The first-order chi connectivity index (χ1) is 7.13. The van der Waals surface area contributed by atoms with Crippen LogP contribution in [0.3, 0.4) is 0 Å². The Labute approximate surface area is 93.6 Å². The first-order valence-corrected chi connectivity index (χ1v) is 5.08. The highest BCUT2D eigenvalue weighted by Gasteiger charge is 2.07. The van der Waals surface area contributed by atoms with Crippen molar-refractivity contribution in [2.24, 2.45) is 0 Å². The summed E-state index contributed by atoms with van der Waals surface area (Å²) in [5, 5.41) is 0.307. The molecule has 0 aliphatic carbocycles. The highest BCUT2D eigenvalue weighted by atomic mass is 35.5. The second-order valence-corrected chi connectivity index (χ2v) is 3.69. The SMILES string of the molecule is C=CCCC(=O)Cc1ccc(F)cc1Cl. The van der Waals surface area contributed by atoms with Gasteiger partial charge >= 0.3 is 0 Å². The van der Waals surface area contributed by atoms with E-state index in [9.17, 15) is 9.18 Å². The molecule has 0 saturated carbocycles. The van der Waals surface area contributed by atoms with Gasteiger partial charge in [0.15, 0.2) is 0 Å². The lowest BCUT2D eigenvalue weighted by molar-refractivity contribution is -0.118. The minimum atomic E-state index is -0.387. The zero-order valence-corrected chi connectivity index (χ0v) is 9.06. The Hall–Kier alpha value is -1.15. The molecule has 0 saturated heterocycles. The van der Waals surface area contributed by atoms with Gasteiger partial charge in [0.25, 0.3) is 0 Å². The van der Waals surface area contributed by atoms with Gasteiger partial charge in [-0.15, -0.1) is 6.58 Å². The zero-order chi connectivity index (χ0) is 11.3. The van der Waals surface area contributed by atoms with Crippen LogP contribution in [0.15, 0.2) is 30.9 Å². The van der Waals surface area contributed by atoms with Crippen LogP contribution >= 0.6 is 11.6 Å². The lowest BCUT2D eigenvalue weighted by atomic mass is 10.1. The van der Waals surface area contributed by atoms with Crippen LogP contribution in [0.2, 0.25) is 5.02 Å². The van der Waals surface area contributed by atoms with Crippen molar-refractivity contribution in [1.82, 2.24) is 0 Å². The summed E-state index contributed by atoms with van der Waals surface area (Å²) < 4.78 is 12.7. The van der Waals surface area contributed by atoms with Gasteiger partial charge in [-0.2, -0.15) is 0 Å². The summed E-state index contributed by atoms with van der Waals surface area (Å²) in [7, 11) is 0. The normalized spacial score (nSPS) is 10.0. The maximum atomic E-state index is 12.7. The number of carbonyl (C=O) groups is 1. The Bertz CT molecular complexity index is 374. The zero-order valence-electron chi connectivity index (χ0n) is 8.30. The quantitative estimate of drug-likeness (QED) is 0.702. The molecule has 1 nitrogen and oxygen atoms in total. The van der Waals surface area contributed by atoms with Crippen molar-refractivity contribution in [3.8, 4) is 0 Å². The first kappa shape index (κ1) is 11.9. The molecular formula is C12H12ClFO. The van der Waals surface area contributed by atoms with Gasteiger partial charge in [0.2, 0.25) is 0 Å². The van der Waals surface area contributed by atoms with E-state index in [4.69, 9.17) is 11.6 Å². The number of benzene rings is 1. The number of hydrogen-bond acceptors (Lipinski definition) is 1. The van der Waals surface area contributed by atoms with Gasteiger partial charge in [0.05, 0.1) is 0 Å². The van der Waals surface area contributed by atoms with Crippen molar-refractivity contribution in [2.45, 2.75) is 19.3 Å². The molecule has 0 atom stereocenters. The molecule has 0 radical (unpaired) electrons. The number of rotatable bonds is 5. The molecule has 1 rings (SSSR count). The second-order valence-electron chi connectivity index (χ2n) is 3.28. The van der Waals surface area contributed by atoms with Crippen LogP contribution in [-0.4, -0.2) is 5.78 Å². The third-order valence-corrected chi connectivity index (χ3v) is 2.38. The van der Waals surface area contributed by atoms with Crippen molar-refractivity contribution >= 4 is 17.4 Å². The molecule has 1 aromatic carbocycles.